The van der Waals surface area contributed by atoms with Gasteiger partial charge in [0.05, 0.1) is 7.11 Å². The summed E-state index contributed by atoms with van der Waals surface area (Å²) >= 11 is 0. The van der Waals surface area contributed by atoms with Gasteiger partial charge in [-0.25, -0.2) is 0 Å². The molecule has 1 aromatic carbocycles. The topological polar surface area (TPSA) is 38.5 Å². The molecule has 0 saturated heterocycles. The molecule has 0 aliphatic carbocycles. The Bertz CT molecular complexity index is 320. The van der Waals surface area contributed by atoms with Crippen LogP contribution in [0.5, 0.6) is 5.75 Å². The van der Waals surface area contributed by atoms with Crippen molar-refractivity contribution in [1.29, 1.82) is 0 Å². The van der Waals surface area contributed by atoms with Crippen molar-refractivity contribution in [1.82, 2.24) is 4.90 Å². The molecule has 0 aliphatic rings. The first kappa shape index (κ1) is 15.0. The van der Waals surface area contributed by atoms with Gasteiger partial charge in [0.15, 0.2) is 0 Å². The molecule has 0 saturated carbocycles. The highest BCUT2D eigenvalue weighted by atomic mass is 16.5. The van der Waals surface area contributed by atoms with Crippen LogP contribution in [-0.4, -0.2) is 31.1 Å². The number of methoxy groups -OCH3 is 1. The van der Waals surface area contributed by atoms with E-state index in [4.69, 9.17) is 10.5 Å². The molecule has 0 spiro atoms. The van der Waals surface area contributed by atoms with E-state index in [1.165, 1.54) is 18.4 Å². The standard InChI is InChI=1S/C15H26N2O/c1-4-14(5-2)17(11-10-16)12-13-6-8-15(18-3)9-7-13/h6-9,14H,4-5,10-12,16H2,1-3H3. The third kappa shape index (κ3) is 4.31. The molecule has 1 rings (SSSR count). The van der Waals surface area contributed by atoms with Gasteiger partial charge >= 0.3 is 0 Å². The van der Waals surface area contributed by atoms with E-state index >= 15 is 0 Å². The number of nitrogens with zero attached hydrogens (tertiary/aromatic N) is 1. The summed E-state index contributed by atoms with van der Waals surface area (Å²) in [5, 5.41) is 0. The molecule has 0 unspecified atom stereocenters. The fourth-order valence-corrected chi connectivity index (χ4v) is 2.33. The van der Waals surface area contributed by atoms with Crippen LogP contribution in [0.4, 0.5) is 0 Å². The Labute approximate surface area is 111 Å². The predicted molar refractivity (Wildman–Crippen MR) is 76.8 cm³/mol. The van der Waals surface area contributed by atoms with Crippen LogP contribution < -0.4 is 10.5 Å². The van der Waals surface area contributed by atoms with Gasteiger partial charge in [0, 0.05) is 25.7 Å². The van der Waals surface area contributed by atoms with E-state index in [2.05, 4.69) is 30.9 Å². The van der Waals surface area contributed by atoms with Gasteiger partial charge in [0.25, 0.3) is 0 Å². The minimum Gasteiger partial charge on any atom is -0.497 e. The SMILES string of the molecule is CCC(CC)N(CCN)Cc1ccc(OC)cc1. The molecule has 3 nitrogen and oxygen atoms in total. The summed E-state index contributed by atoms with van der Waals surface area (Å²) in [6.45, 7) is 7.12. The van der Waals surface area contributed by atoms with Crippen LogP contribution in [0, 0.1) is 0 Å². The van der Waals surface area contributed by atoms with Crippen molar-refractivity contribution in [3.05, 3.63) is 29.8 Å². The van der Waals surface area contributed by atoms with E-state index < -0.39 is 0 Å². The quantitative estimate of drug-likeness (QED) is 0.771. The molecular weight excluding hydrogens is 224 g/mol. The number of benzene rings is 1. The van der Waals surface area contributed by atoms with Crippen LogP contribution in [0.3, 0.4) is 0 Å². The molecule has 0 heterocycles. The molecule has 18 heavy (non-hydrogen) atoms. The van der Waals surface area contributed by atoms with Crippen molar-refractivity contribution in [3.63, 3.8) is 0 Å². The summed E-state index contributed by atoms with van der Waals surface area (Å²) in [5.41, 5.74) is 7.03. The second kappa shape index (κ2) is 8.11. The zero-order chi connectivity index (χ0) is 13.4. The highest BCUT2D eigenvalue weighted by Gasteiger charge is 2.14. The van der Waals surface area contributed by atoms with E-state index in [9.17, 15) is 0 Å². The van der Waals surface area contributed by atoms with Crippen LogP contribution in [0.2, 0.25) is 0 Å². The highest BCUT2D eigenvalue weighted by molar-refractivity contribution is 5.27. The van der Waals surface area contributed by atoms with E-state index in [-0.39, 0.29) is 0 Å². The number of hydrogen-bond acceptors (Lipinski definition) is 3. The second-order valence-electron chi connectivity index (χ2n) is 4.58. The molecule has 102 valence electrons. The van der Waals surface area contributed by atoms with Crippen molar-refractivity contribution in [2.75, 3.05) is 20.2 Å². The van der Waals surface area contributed by atoms with Crippen LogP contribution >= 0.6 is 0 Å². The van der Waals surface area contributed by atoms with Crippen LogP contribution in [-0.2, 0) is 6.54 Å². The number of hydrogen-bond donors (Lipinski definition) is 1. The Hall–Kier alpha value is -1.06. The number of nitrogens with two attached hydrogens (primary N) is 1. The average molecular weight is 250 g/mol. The summed E-state index contributed by atoms with van der Waals surface area (Å²) in [7, 11) is 1.69. The molecule has 2 N–H and O–H groups in total. The lowest BCUT2D eigenvalue weighted by atomic mass is 10.1. The highest BCUT2D eigenvalue weighted by Crippen LogP contribution is 2.16. The number of rotatable bonds is 8. The van der Waals surface area contributed by atoms with Crippen molar-refractivity contribution < 1.29 is 4.74 Å². The molecule has 0 aliphatic heterocycles. The summed E-state index contributed by atoms with van der Waals surface area (Å²) in [6, 6.07) is 8.91. The monoisotopic (exact) mass is 250 g/mol. The third-order valence-electron chi connectivity index (χ3n) is 3.42. The summed E-state index contributed by atoms with van der Waals surface area (Å²) in [4.78, 5) is 2.47. The zero-order valence-corrected chi connectivity index (χ0v) is 11.9. The Morgan fingerprint density at radius 2 is 1.78 bits per heavy atom. The molecule has 0 aromatic heterocycles. The van der Waals surface area contributed by atoms with Crippen molar-refractivity contribution in [2.24, 2.45) is 5.73 Å². The summed E-state index contributed by atoms with van der Waals surface area (Å²) < 4.78 is 5.18. The van der Waals surface area contributed by atoms with Gasteiger partial charge in [0.1, 0.15) is 5.75 Å². The van der Waals surface area contributed by atoms with Crippen molar-refractivity contribution in [3.8, 4) is 5.75 Å². The lowest BCUT2D eigenvalue weighted by molar-refractivity contribution is 0.182. The third-order valence-corrected chi connectivity index (χ3v) is 3.42. The zero-order valence-electron chi connectivity index (χ0n) is 11.9. The normalized spacial score (nSPS) is 11.2. The Balaban J connectivity index is 2.69. The fraction of sp³-hybridized carbons (Fsp3) is 0.600. The molecule has 3 heteroatoms. The first-order chi connectivity index (χ1) is 8.74. The van der Waals surface area contributed by atoms with E-state index in [0.717, 1.165) is 18.8 Å². The lowest BCUT2D eigenvalue weighted by Crippen LogP contribution is -2.37. The van der Waals surface area contributed by atoms with Gasteiger partial charge in [-0.1, -0.05) is 26.0 Å². The van der Waals surface area contributed by atoms with Gasteiger partial charge in [0.2, 0.25) is 0 Å². The first-order valence-electron chi connectivity index (χ1n) is 6.82. The second-order valence-corrected chi connectivity index (χ2v) is 4.58. The van der Waals surface area contributed by atoms with Gasteiger partial charge in [-0.2, -0.15) is 0 Å². The fourth-order valence-electron chi connectivity index (χ4n) is 2.33. The molecule has 0 amide bonds. The number of ether oxygens (including phenoxy) is 1. The summed E-state index contributed by atoms with van der Waals surface area (Å²) in [5.74, 6) is 0.909. The predicted octanol–water partition coefficient (Wildman–Crippen LogP) is 2.64. The van der Waals surface area contributed by atoms with Crippen molar-refractivity contribution in [2.45, 2.75) is 39.3 Å². The maximum atomic E-state index is 5.71. The van der Waals surface area contributed by atoms with Gasteiger partial charge in [-0.3, -0.25) is 4.90 Å². The molecule has 0 radical (unpaired) electrons. The maximum Gasteiger partial charge on any atom is 0.118 e. The molecule has 0 fully saturated rings. The maximum absolute atomic E-state index is 5.71. The minimum absolute atomic E-state index is 0.621. The van der Waals surface area contributed by atoms with Gasteiger partial charge in [-0.15, -0.1) is 0 Å². The Kier molecular flexibility index (Phi) is 6.76. The van der Waals surface area contributed by atoms with Crippen LogP contribution in [0.15, 0.2) is 24.3 Å². The smallest absolute Gasteiger partial charge is 0.118 e. The lowest BCUT2D eigenvalue weighted by Gasteiger charge is -2.30. The van der Waals surface area contributed by atoms with E-state index in [1.807, 2.05) is 12.1 Å². The molecule has 0 bridgehead atoms. The Morgan fingerprint density at radius 1 is 1.17 bits per heavy atom. The molecule has 1 aromatic rings. The van der Waals surface area contributed by atoms with Gasteiger partial charge < -0.3 is 10.5 Å². The first-order valence-corrected chi connectivity index (χ1v) is 6.82. The minimum atomic E-state index is 0.621. The largest absolute Gasteiger partial charge is 0.497 e. The summed E-state index contributed by atoms with van der Waals surface area (Å²) in [6.07, 6.45) is 2.35. The average Bonchev–Trinajstić information content (AvgIpc) is 2.41. The van der Waals surface area contributed by atoms with E-state index in [1.54, 1.807) is 7.11 Å². The molecule has 0 atom stereocenters. The Morgan fingerprint density at radius 3 is 2.22 bits per heavy atom. The van der Waals surface area contributed by atoms with Crippen LogP contribution in [0.25, 0.3) is 0 Å². The van der Waals surface area contributed by atoms with E-state index in [0.29, 0.717) is 12.6 Å². The molecular formula is C15H26N2O. The van der Waals surface area contributed by atoms with Crippen LogP contribution in [0.1, 0.15) is 32.3 Å². The van der Waals surface area contributed by atoms with Crippen molar-refractivity contribution >= 4 is 0 Å². The van der Waals surface area contributed by atoms with Gasteiger partial charge in [-0.05, 0) is 30.5 Å².